The van der Waals surface area contributed by atoms with Crippen molar-refractivity contribution in [3.63, 3.8) is 0 Å². The maximum Gasteiger partial charge on any atom is 0.247 e. The highest BCUT2D eigenvalue weighted by Crippen LogP contribution is 2.03. The van der Waals surface area contributed by atoms with Gasteiger partial charge in [-0.05, 0) is 13.0 Å². The monoisotopic (exact) mass is 296 g/mol. The molecule has 0 aromatic rings. The molecule has 0 saturated heterocycles. The summed E-state index contributed by atoms with van der Waals surface area (Å²) in [6, 6.07) is 0. The van der Waals surface area contributed by atoms with Crippen LogP contribution in [0, 0.1) is 0 Å². The van der Waals surface area contributed by atoms with Gasteiger partial charge in [-0.25, -0.2) is 8.42 Å². The average Bonchev–Trinajstić information content (AvgIpc) is 2.23. The highest BCUT2D eigenvalue weighted by atomic mass is 32.3. The zero-order chi connectivity index (χ0) is 15.7. The molecule has 0 aliphatic rings. The van der Waals surface area contributed by atoms with E-state index >= 15 is 0 Å². The minimum absolute atomic E-state index is 0.0914. The van der Waals surface area contributed by atoms with Crippen molar-refractivity contribution in [2.24, 2.45) is 0 Å². The fourth-order valence-electron chi connectivity index (χ4n) is 1.21. The smallest absolute Gasteiger partial charge is 0.247 e. The molecular weight excluding hydrogens is 272 g/mol. The third kappa shape index (κ3) is 13.3. The first-order valence-electron chi connectivity index (χ1n) is 5.82. The van der Waals surface area contributed by atoms with E-state index in [0.29, 0.717) is 0 Å². The van der Waals surface area contributed by atoms with Crippen LogP contribution in [-0.4, -0.2) is 57.3 Å². The molecule has 1 N–H and O–H groups in total. The zero-order valence-electron chi connectivity index (χ0n) is 12.2. The molecule has 114 valence electrons. The summed E-state index contributed by atoms with van der Waals surface area (Å²) in [5, 5.41) is 2.87. The molecular formula is C11H24N2O5S. The van der Waals surface area contributed by atoms with Crippen LogP contribution in [0.4, 0.5) is 0 Å². The van der Waals surface area contributed by atoms with Gasteiger partial charge in [0.05, 0.1) is 27.7 Å². The molecule has 19 heavy (non-hydrogen) atoms. The molecule has 0 aliphatic heterocycles. The van der Waals surface area contributed by atoms with Crippen LogP contribution in [0.25, 0.3) is 0 Å². The third-order valence-electron chi connectivity index (χ3n) is 2.08. The van der Waals surface area contributed by atoms with Gasteiger partial charge in [-0.2, -0.15) is 0 Å². The fourth-order valence-corrected chi connectivity index (χ4v) is 1.50. The van der Waals surface area contributed by atoms with Crippen molar-refractivity contribution in [3.05, 3.63) is 12.7 Å². The first-order chi connectivity index (χ1) is 8.47. The van der Waals surface area contributed by atoms with E-state index in [9.17, 15) is 17.8 Å². The number of nitrogens with zero attached hydrogens (tertiary/aromatic N) is 1. The lowest BCUT2D eigenvalue weighted by Gasteiger charge is -2.33. The Kier molecular flexibility index (Phi) is 9.67. The van der Waals surface area contributed by atoms with Crippen LogP contribution < -0.4 is 5.32 Å². The van der Waals surface area contributed by atoms with Gasteiger partial charge in [0, 0.05) is 6.42 Å². The molecule has 0 radical (unpaired) electrons. The number of rotatable bonds is 6. The molecule has 0 saturated carbocycles. The topological polar surface area (TPSA) is 95.5 Å². The lowest BCUT2D eigenvalue weighted by molar-refractivity contribution is -0.898. The summed E-state index contributed by atoms with van der Waals surface area (Å²) in [6.45, 7) is 6.80. The van der Waals surface area contributed by atoms with E-state index < -0.39 is 10.4 Å². The Hall–Kier alpha value is -0.960. The number of carbonyl (C=O) groups is 1. The van der Waals surface area contributed by atoms with Gasteiger partial charge in [0.25, 0.3) is 0 Å². The summed E-state index contributed by atoms with van der Waals surface area (Å²) in [5.74, 6) is -0.102. The van der Waals surface area contributed by atoms with Crippen LogP contribution in [-0.2, 0) is 19.4 Å². The van der Waals surface area contributed by atoms with E-state index in [4.69, 9.17) is 0 Å². The molecule has 1 unspecified atom stereocenters. The van der Waals surface area contributed by atoms with E-state index in [1.165, 1.54) is 13.0 Å². The van der Waals surface area contributed by atoms with Crippen LogP contribution in [0.5, 0.6) is 0 Å². The number of nitrogens with one attached hydrogen (secondary N) is 1. The number of quaternary nitrogens is 1. The predicted octanol–water partition coefficient (Wildman–Crippen LogP) is 0.214. The number of carbonyl (C=O) groups excluding carboxylic acids is 1. The van der Waals surface area contributed by atoms with E-state index in [0.717, 1.165) is 10.9 Å². The summed E-state index contributed by atoms with van der Waals surface area (Å²) < 4.78 is 32.7. The van der Waals surface area contributed by atoms with Gasteiger partial charge in [0.2, 0.25) is 16.3 Å². The number of hydrogen-bond acceptors (Lipinski definition) is 5. The summed E-state index contributed by atoms with van der Waals surface area (Å²) in [6.07, 6.45) is 2.39. The highest BCUT2D eigenvalue weighted by molar-refractivity contribution is 7.80. The summed E-state index contributed by atoms with van der Waals surface area (Å²) in [4.78, 5) is 11.0. The second-order valence-corrected chi connectivity index (χ2v) is 5.62. The van der Waals surface area contributed by atoms with E-state index in [1.54, 1.807) is 0 Å². The van der Waals surface area contributed by atoms with Gasteiger partial charge < -0.3 is 14.4 Å². The van der Waals surface area contributed by atoms with Gasteiger partial charge in [0.1, 0.15) is 0 Å². The maximum absolute atomic E-state index is 11.0. The lowest BCUT2D eigenvalue weighted by Crippen LogP contribution is -2.54. The molecule has 8 heteroatoms. The van der Waals surface area contributed by atoms with Gasteiger partial charge in [-0.3, -0.25) is 8.98 Å². The quantitative estimate of drug-likeness (QED) is 0.249. The fraction of sp³-hybridized carbons (Fsp3) is 0.727. The van der Waals surface area contributed by atoms with Crippen LogP contribution in [0.1, 0.15) is 20.3 Å². The maximum atomic E-state index is 11.0. The molecule has 0 spiro atoms. The standard InChI is InChI=1S/C9H18N2O.C2H6O4S/c1-6-8(11(3,4)5)10-9(12)7-2;1-2-6-7(3,4)5/h7-8H,2,6H2,1,3-5H3;2H2,1H3,(H,3,4,5). The highest BCUT2D eigenvalue weighted by Gasteiger charge is 2.22. The largest absolute Gasteiger partial charge is 0.726 e. The van der Waals surface area contributed by atoms with Crippen LogP contribution in [0.15, 0.2) is 12.7 Å². The Bertz CT molecular complexity index is 373. The minimum atomic E-state index is -4.42. The second kappa shape index (κ2) is 9.03. The van der Waals surface area contributed by atoms with Crippen LogP contribution in [0.3, 0.4) is 0 Å². The van der Waals surface area contributed by atoms with Crippen molar-refractivity contribution in [1.82, 2.24) is 5.32 Å². The molecule has 0 fully saturated rings. The average molecular weight is 296 g/mol. The first-order valence-corrected chi connectivity index (χ1v) is 7.15. The summed E-state index contributed by atoms with van der Waals surface area (Å²) in [7, 11) is 1.74. The van der Waals surface area contributed by atoms with Gasteiger partial charge in [-0.1, -0.05) is 13.5 Å². The van der Waals surface area contributed by atoms with Crippen molar-refractivity contribution in [2.45, 2.75) is 26.4 Å². The zero-order valence-corrected chi connectivity index (χ0v) is 13.0. The SMILES string of the molecule is C=CC(=O)NC(CC)[N+](C)(C)C.CCOS(=O)(=O)[O-]. The lowest BCUT2D eigenvalue weighted by atomic mass is 10.3. The van der Waals surface area contributed by atoms with Crippen molar-refractivity contribution in [2.75, 3.05) is 27.7 Å². The van der Waals surface area contributed by atoms with Crippen LogP contribution >= 0.6 is 0 Å². The molecule has 7 nitrogen and oxygen atoms in total. The Morgan fingerprint density at radius 2 is 1.89 bits per heavy atom. The van der Waals surface area contributed by atoms with E-state index in [2.05, 4.69) is 44.1 Å². The number of amides is 1. The molecule has 1 atom stereocenters. The molecule has 0 rings (SSSR count). The Morgan fingerprint density at radius 1 is 1.42 bits per heavy atom. The predicted molar refractivity (Wildman–Crippen MR) is 71.8 cm³/mol. The third-order valence-corrected chi connectivity index (χ3v) is 2.60. The van der Waals surface area contributed by atoms with Crippen molar-refractivity contribution >= 4 is 16.3 Å². The van der Waals surface area contributed by atoms with Gasteiger partial charge in [-0.15, -0.1) is 0 Å². The molecule has 0 aromatic heterocycles. The Labute approximate surface area is 115 Å². The van der Waals surface area contributed by atoms with Gasteiger partial charge in [0.15, 0.2) is 6.17 Å². The molecule has 0 aromatic carbocycles. The minimum Gasteiger partial charge on any atom is -0.726 e. The Morgan fingerprint density at radius 3 is 2.05 bits per heavy atom. The first kappa shape index (κ1) is 20.4. The normalized spacial score (nSPS) is 12.9. The van der Waals surface area contributed by atoms with Crippen LogP contribution in [0.2, 0.25) is 0 Å². The summed E-state index contributed by atoms with van der Waals surface area (Å²) >= 11 is 0. The van der Waals surface area contributed by atoms with Crippen molar-refractivity contribution in [3.8, 4) is 0 Å². The second-order valence-electron chi connectivity index (χ2n) is 4.57. The molecule has 1 amide bonds. The Balaban J connectivity index is 0. The van der Waals surface area contributed by atoms with Crippen molar-refractivity contribution < 1.29 is 26.4 Å². The molecule has 0 bridgehead atoms. The molecule has 0 heterocycles. The molecule has 0 aliphatic carbocycles. The number of hydrogen-bond donors (Lipinski definition) is 1. The van der Waals surface area contributed by atoms with E-state index in [-0.39, 0.29) is 18.7 Å². The van der Waals surface area contributed by atoms with E-state index in [1.807, 2.05) is 0 Å². The summed E-state index contributed by atoms with van der Waals surface area (Å²) in [5.41, 5.74) is 0. The van der Waals surface area contributed by atoms with Crippen molar-refractivity contribution in [1.29, 1.82) is 0 Å². The van der Waals surface area contributed by atoms with Gasteiger partial charge >= 0.3 is 0 Å².